The van der Waals surface area contributed by atoms with Crippen LogP contribution in [-0.2, 0) is 0 Å². The second-order valence-electron chi connectivity index (χ2n) is 4.46. The van der Waals surface area contributed by atoms with Crippen LogP contribution in [0.15, 0.2) is 18.2 Å². The second-order valence-corrected chi connectivity index (χ2v) is 4.46. The maximum Gasteiger partial charge on any atom is 0.119 e. The van der Waals surface area contributed by atoms with Crippen LogP contribution >= 0.6 is 0 Å². The van der Waals surface area contributed by atoms with Crippen LogP contribution in [0.1, 0.15) is 31.4 Å². The highest BCUT2D eigenvalue weighted by Gasteiger charge is 2.18. The number of benzene rings is 1. The van der Waals surface area contributed by atoms with Crippen molar-refractivity contribution in [2.75, 3.05) is 6.61 Å². The zero-order valence-electron chi connectivity index (χ0n) is 10.0. The first-order valence-electron chi connectivity index (χ1n) is 5.36. The molecule has 15 heavy (non-hydrogen) atoms. The average Bonchev–Trinajstić information content (AvgIpc) is 2.14. The van der Waals surface area contributed by atoms with Crippen molar-refractivity contribution in [3.05, 3.63) is 29.3 Å². The number of hydrogen-bond acceptors (Lipinski definition) is 2. The van der Waals surface area contributed by atoms with Gasteiger partial charge in [-0.2, -0.15) is 0 Å². The Labute approximate surface area is 91.9 Å². The van der Waals surface area contributed by atoms with Crippen LogP contribution in [-0.4, -0.2) is 17.3 Å². The van der Waals surface area contributed by atoms with E-state index in [1.807, 2.05) is 32.9 Å². The molecule has 0 amide bonds. The van der Waals surface area contributed by atoms with Crippen molar-refractivity contribution in [2.45, 2.75) is 39.7 Å². The van der Waals surface area contributed by atoms with Gasteiger partial charge >= 0.3 is 0 Å². The molecular formula is C13H20O2. The monoisotopic (exact) mass is 208 g/mol. The Hall–Kier alpha value is -1.02. The van der Waals surface area contributed by atoms with E-state index >= 15 is 0 Å². The second kappa shape index (κ2) is 4.67. The van der Waals surface area contributed by atoms with Crippen LogP contribution in [0.4, 0.5) is 0 Å². The largest absolute Gasteiger partial charge is 0.491 e. The van der Waals surface area contributed by atoms with E-state index in [1.54, 1.807) is 6.92 Å². The van der Waals surface area contributed by atoms with E-state index in [9.17, 15) is 5.11 Å². The smallest absolute Gasteiger partial charge is 0.119 e. The van der Waals surface area contributed by atoms with Crippen LogP contribution < -0.4 is 4.74 Å². The minimum Gasteiger partial charge on any atom is -0.491 e. The van der Waals surface area contributed by atoms with Crippen molar-refractivity contribution in [3.63, 3.8) is 0 Å². The summed E-state index contributed by atoms with van der Waals surface area (Å²) in [5.41, 5.74) is 1.62. The highest BCUT2D eigenvalue weighted by atomic mass is 16.5. The SMILES string of the molecule is CCC(C)(O)COc1cc(C)cc(C)c1. The van der Waals surface area contributed by atoms with Crippen molar-refractivity contribution in [2.24, 2.45) is 0 Å². The lowest BCUT2D eigenvalue weighted by Gasteiger charge is -2.21. The lowest BCUT2D eigenvalue weighted by atomic mass is 10.1. The molecule has 0 aliphatic carbocycles. The van der Waals surface area contributed by atoms with Crippen molar-refractivity contribution < 1.29 is 9.84 Å². The molecule has 2 heteroatoms. The number of rotatable bonds is 4. The van der Waals surface area contributed by atoms with Gasteiger partial charge in [-0.3, -0.25) is 0 Å². The highest BCUT2D eigenvalue weighted by Crippen LogP contribution is 2.18. The lowest BCUT2D eigenvalue weighted by Crippen LogP contribution is -2.31. The summed E-state index contributed by atoms with van der Waals surface area (Å²) in [5.74, 6) is 0.834. The van der Waals surface area contributed by atoms with E-state index in [4.69, 9.17) is 4.74 Å². The molecule has 1 aromatic carbocycles. The molecule has 0 bridgehead atoms. The fourth-order valence-corrected chi connectivity index (χ4v) is 1.36. The van der Waals surface area contributed by atoms with E-state index in [2.05, 4.69) is 6.07 Å². The Kier molecular flexibility index (Phi) is 3.75. The summed E-state index contributed by atoms with van der Waals surface area (Å²) >= 11 is 0. The molecule has 0 aromatic heterocycles. The minimum atomic E-state index is -0.738. The highest BCUT2D eigenvalue weighted by molar-refractivity contribution is 5.33. The molecule has 0 radical (unpaired) electrons. The van der Waals surface area contributed by atoms with E-state index < -0.39 is 5.60 Å². The molecule has 0 saturated heterocycles. The third-order valence-corrected chi connectivity index (χ3v) is 2.51. The van der Waals surface area contributed by atoms with Gasteiger partial charge in [0.1, 0.15) is 12.4 Å². The van der Waals surface area contributed by atoms with Gasteiger partial charge in [-0.05, 0) is 50.5 Å². The third kappa shape index (κ3) is 3.92. The molecule has 1 N–H and O–H groups in total. The summed E-state index contributed by atoms with van der Waals surface area (Å²) in [4.78, 5) is 0. The van der Waals surface area contributed by atoms with Crippen LogP contribution in [0.25, 0.3) is 0 Å². The first-order valence-corrected chi connectivity index (χ1v) is 5.36. The zero-order valence-corrected chi connectivity index (χ0v) is 10.0. The van der Waals surface area contributed by atoms with Gasteiger partial charge in [-0.15, -0.1) is 0 Å². The van der Waals surface area contributed by atoms with E-state index in [0.29, 0.717) is 13.0 Å². The van der Waals surface area contributed by atoms with Crippen molar-refractivity contribution in [1.29, 1.82) is 0 Å². The molecule has 0 heterocycles. The maximum atomic E-state index is 9.80. The summed E-state index contributed by atoms with van der Waals surface area (Å²) in [6, 6.07) is 6.07. The molecular weight excluding hydrogens is 188 g/mol. The quantitative estimate of drug-likeness (QED) is 0.824. The Morgan fingerprint density at radius 2 is 1.73 bits per heavy atom. The lowest BCUT2D eigenvalue weighted by molar-refractivity contribution is 0.00843. The van der Waals surface area contributed by atoms with Gasteiger partial charge in [0.15, 0.2) is 0 Å². The molecule has 0 aliphatic rings. The molecule has 1 atom stereocenters. The number of aliphatic hydroxyl groups is 1. The van der Waals surface area contributed by atoms with Crippen molar-refractivity contribution >= 4 is 0 Å². The maximum absolute atomic E-state index is 9.80. The van der Waals surface area contributed by atoms with Crippen LogP contribution in [0.3, 0.4) is 0 Å². The van der Waals surface area contributed by atoms with Crippen LogP contribution in [0, 0.1) is 13.8 Å². The molecule has 2 nitrogen and oxygen atoms in total. The molecule has 84 valence electrons. The number of ether oxygens (including phenoxy) is 1. The molecule has 1 unspecified atom stereocenters. The number of hydrogen-bond donors (Lipinski definition) is 1. The molecule has 1 rings (SSSR count). The normalized spacial score (nSPS) is 14.7. The van der Waals surface area contributed by atoms with Crippen molar-refractivity contribution in [1.82, 2.24) is 0 Å². The number of aryl methyl sites for hydroxylation is 2. The molecule has 0 fully saturated rings. The first kappa shape index (κ1) is 12.1. The fraction of sp³-hybridized carbons (Fsp3) is 0.538. The fourth-order valence-electron chi connectivity index (χ4n) is 1.36. The minimum absolute atomic E-state index is 0.340. The predicted molar refractivity (Wildman–Crippen MR) is 62.3 cm³/mol. The van der Waals surface area contributed by atoms with Crippen LogP contribution in [0.2, 0.25) is 0 Å². The zero-order chi connectivity index (χ0) is 11.5. The van der Waals surface area contributed by atoms with Gasteiger partial charge in [-0.1, -0.05) is 13.0 Å². The van der Waals surface area contributed by atoms with Gasteiger partial charge in [-0.25, -0.2) is 0 Å². The van der Waals surface area contributed by atoms with Gasteiger partial charge in [0.25, 0.3) is 0 Å². The van der Waals surface area contributed by atoms with E-state index in [1.165, 1.54) is 11.1 Å². The summed E-state index contributed by atoms with van der Waals surface area (Å²) in [5, 5.41) is 9.80. The summed E-state index contributed by atoms with van der Waals surface area (Å²) in [7, 11) is 0. The summed E-state index contributed by atoms with van der Waals surface area (Å²) in [6.07, 6.45) is 0.692. The Morgan fingerprint density at radius 1 is 1.20 bits per heavy atom. The topological polar surface area (TPSA) is 29.5 Å². The Morgan fingerprint density at radius 3 is 2.20 bits per heavy atom. The summed E-state index contributed by atoms with van der Waals surface area (Å²) < 4.78 is 5.57. The molecule has 0 aliphatic heterocycles. The summed E-state index contributed by atoms with van der Waals surface area (Å²) in [6.45, 7) is 8.16. The molecule has 0 spiro atoms. The Balaban J connectivity index is 2.65. The standard InChI is InChI=1S/C13H20O2/c1-5-13(4,14)9-15-12-7-10(2)6-11(3)8-12/h6-8,14H,5,9H2,1-4H3. The average molecular weight is 208 g/mol. The van der Waals surface area contributed by atoms with E-state index in [-0.39, 0.29) is 0 Å². The van der Waals surface area contributed by atoms with Gasteiger partial charge in [0.05, 0.1) is 5.60 Å². The van der Waals surface area contributed by atoms with Gasteiger partial charge in [0, 0.05) is 0 Å². The third-order valence-electron chi connectivity index (χ3n) is 2.51. The van der Waals surface area contributed by atoms with Crippen LogP contribution in [0.5, 0.6) is 5.75 Å². The molecule has 1 aromatic rings. The van der Waals surface area contributed by atoms with Crippen molar-refractivity contribution in [3.8, 4) is 5.75 Å². The van der Waals surface area contributed by atoms with Gasteiger partial charge in [0.2, 0.25) is 0 Å². The van der Waals surface area contributed by atoms with Gasteiger partial charge < -0.3 is 9.84 Å². The Bertz CT molecular complexity index is 309. The predicted octanol–water partition coefficient (Wildman–Crippen LogP) is 2.84. The first-order chi connectivity index (χ1) is 6.93. The molecule has 0 saturated carbocycles. The van der Waals surface area contributed by atoms with E-state index in [0.717, 1.165) is 5.75 Å².